The SMILES string of the molecule is Cc1ccc(S(=O)(=O)N(Cc2ccccc2)/C(=C/I)c2ccccc2)cc1. The smallest absolute Gasteiger partial charge is 0.261 e. The lowest BCUT2D eigenvalue weighted by Gasteiger charge is -2.27. The fourth-order valence-corrected chi connectivity index (χ4v) is 5.11. The first-order chi connectivity index (χ1) is 13.0. The third-order valence-corrected chi connectivity index (χ3v) is 6.58. The lowest BCUT2D eigenvalue weighted by Crippen LogP contribution is -2.29. The van der Waals surface area contributed by atoms with Gasteiger partial charge in [-0.05, 0) is 30.2 Å². The van der Waals surface area contributed by atoms with Crippen LogP contribution in [0.4, 0.5) is 0 Å². The molecule has 3 aromatic rings. The molecule has 0 unspecified atom stereocenters. The zero-order valence-electron chi connectivity index (χ0n) is 14.9. The predicted octanol–water partition coefficient (Wildman–Crippen LogP) is 5.62. The maximum atomic E-state index is 13.5. The van der Waals surface area contributed by atoms with Gasteiger partial charge in [-0.2, -0.15) is 0 Å². The molecule has 0 fully saturated rings. The monoisotopic (exact) mass is 489 g/mol. The first-order valence-electron chi connectivity index (χ1n) is 8.51. The Bertz CT molecular complexity index is 1010. The van der Waals surface area contributed by atoms with Crippen LogP contribution in [0.5, 0.6) is 0 Å². The molecule has 0 bridgehead atoms. The Kier molecular flexibility index (Phi) is 6.34. The van der Waals surface area contributed by atoms with Crippen molar-refractivity contribution in [3.05, 3.63) is 106 Å². The van der Waals surface area contributed by atoms with Crippen molar-refractivity contribution in [2.24, 2.45) is 0 Å². The van der Waals surface area contributed by atoms with Crippen LogP contribution in [0.1, 0.15) is 16.7 Å². The molecule has 0 radical (unpaired) electrons. The van der Waals surface area contributed by atoms with Crippen molar-refractivity contribution < 1.29 is 8.42 Å². The van der Waals surface area contributed by atoms with E-state index in [1.165, 1.54) is 4.31 Å². The maximum Gasteiger partial charge on any atom is 0.264 e. The zero-order valence-corrected chi connectivity index (χ0v) is 17.9. The van der Waals surface area contributed by atoms with Crippen LogP contribution in [0.3, 0.4) is 0 Å². The summed E-state index contributed by atoms with van der Waals surface area (Å²) in [6, 6.07) is 26.2. The Balaban J connectivity index is 2.10. The number of rotatable bonds is 6. The van der Waals surface area contributed by atoms with Crippen molar-refractivity contribution in [1.82, 2.24) is 4.31 Å². The molecule has 0 aromatic heterocycles. The molecule has 0 amide bonds. The van der Waals surface area contributed by atoms with E-state index < -0.39 is 10.0 Å². The van der Waals surface area contributed by atoms with Gasteiger partial charge in [0.05, 0.1) is 17.1 Å². The lowest BCUT2D eigenvalue weighted by molar-refractivity contribution is 0.507. The first-order valence-corrected chi connectivity index (χ1v) is 11.2. The fourth-order valence-electron chi connectivity index (χ4n) is 2.76. The van der Waals surface area contributed by atoms with Gasteiger partial charge in [-0.15, -0.1) is 0 Å². The van der Waals surface area contributed by atoms with E-state index in [-0.39, 0.29) is 11.4 Å². The minimum absolute atomic E-state index is 0.265. The Morgan fingerprint density at radius 1 is 0.889 bits per heavy atom. The summed E-state index contributed by atoms with van der Waals surface area (Å²) in [5, 5.41) is 0. The molecule has 5 heteroatoms. The standard InChI is InChI=1S/C22H20INO2S/c1-18-12-14-21(15-13-18)27(25,26)24(17-19-8-4-2-5-9-19)22(16-23)20-10-6-3-7-11-20/h2-16H,17H2,1H3/b22-16+. The van der Waals surface area contributed by atoms with Crippen molar-refractivity contribution in [3.8, 4) is 0 Å². The molecule has 3 nitrogen and oxygen atoms in total. The van der Waals surface area contributed by atoms with Crippen LogP contribution in [-0.4, -0.2) is 12.7 Å². The molecule has 0 spiro atoms. The molecular formula is C22H20INO2S. The third kappa shape index (κ3) is 4.59. The van der Waals surface area contributed by atoms with Gasteiger partial charge in [0.25, 0.3) is 10.0 Å². The summed E-state index contributed by atoms with van der Waals surface area (Å²) >= 11 is 2.11. The lowest BCUT2D eigenvalue weighted by atomic mass is 10.1. The molecule has 3 rings (SSSR count). The Morgan fingerprint density at radius 3 is 2.00 bits per heavy atom. The van der Waals surface area contributed by atoms with Gasteiger partial charge in [0, 0.05) is 4.08 Å². The summed E-state index contributed by atoms with van der Waals surface area (Å²) in [6.45, 7) is 2.21. The van der Waals surface area contributed by atoms with Crippen molar-refractivity contribution in [2.45, 2.75) is 18.4 Å². The van der Waals surface area contributed by atoms with Crippen LogP contribution in [-0.2, 0) is 16.6 Å². The van der Waals surface area contributed by atoms with Gasteiger partial charge in [-0.1, -0.05) is 101 Å². The normalized spacial score (nSPS) is 12.0. The quantitative estimate of drug-likeness (QED) is 0.422. The second-order valence-corrected chi connectivity index (χ2v) is 8.66. The number of benzene rings is 3. The van der Waals surface area contributed by atoms with Crippen LogP contribution in [0, 0.1) is 6.92 Å². The Labute approximate surface area is 174 Å². The van der Waals surface area contributed by atoms with Crippen LogP contribution < -0.4 is 0 Å². The molecule has 0 saturated carbocycles. The largest absolute Gasteiger partial charge is 0.264 e. The van der Waals surface area contributed by atoms with E-state index in [9.17, 15) is 8.42 Å². The molecule has 0 saturated heterocycles. The Morgan fingerprint density at radius 2 is 1.44 bits per heavy atom. The first kappa shape index (κ1) is 19.6. The van der Waals surface area contributed by atoms with Crippen LogP contribution in [0.15, 0.2) is 93.9 Å². The highest BCUT2D eigenvalue weighted by Gasteiger charge is 2.27. The average molecular weight is 489 g/mol. The van der Waals surface area contributed by atoms with E-state index in [4.69, 9.17) is 0 Å². The molecule has 27 heavy (non-hydrogen) atoms. The second kappa shape index (κ2) is 8.71. The molecule has 0 atom stereocenters. The Hall–Kier alpha value is -2.12. The van der Waals surface area contributed by atoms with Crippen LogP contribution >= 0.6 is 22.6 Å². The van der Waals surface area contributed by atoms with Gasteiger partial charge in [-0.25, -0.2) is 8.42 Å². The summed E-state index contributed by atoms with van der Waals surface area (Å²) in [5.74, 6) is 0. The van der Waals surface area contributed by atoms with Crippen LogP contribution in [0.2, 0.25) is 0 Å². The molecule has 138 valence electrons. The molecule has 0 N–H and O–H groups in total. The van der Waals surface area contributed by atoms with Gasteiger partial charge in [-0.3, -0.25) is 4.31 Å². The summed E-state index contributed by atoms with van der Waals surface area (Å²) in [7, 11) is -3.72. The van der Waals surface area contributed by atoms with Crippen molar-refractivity contribution >= 4 is 38.3 Å². The molecule has 0 aliphatic heterocycles. The number of sulfonamides is 1. The number of hydrogen-bond acceptors (Lipinski definition) is 2. The van der Waals surface area contributed by atoms with E-state index in [1.807, 2.05) is 83.8 Å². The molecule has 0 aliphatic carbocycles. The highest BCUT2D eigenvalue weighted by Crippen LogP contribution is 2.30. The third-order valence-electron chi connectivity index (χ3n) is 4.22. The highest BCUT2D eigenvalue weighted by molar-refractivity contribution is 14.1. The molecule has 0 aliphatic rings. The van der Waals surface area contributed by atoms with Gasteiger partial charge < -0.3 is 0 Å². The maximum absolute atomic E-state index is 13.5. The minimum Gasteiger partial charge on any atom is -0.261 e. The molecule has 0 heterocycles. The van der Waals surface area contributed by atoms with E-state index >= 15 is 0 Å². The van der Waals surface area contributed by atoms with Gasteiger partial charge in [0.15, 0.2) is 0 Å². The van der Waals surface area contributed by atoms with Crippen molar-refractivity contribution in [1.29, 1.82) is 0 Å². The van der Waals surface area contributed by atoms with Crippen LogP contribution in [0.25, 0.3) is 5.70 Å². The summed E-state index contributed by atoms with van der Waals surface area (Å²) < 4.78 is 30.3. The summed E-state index contributed by atoms with van der Waals surface area (Å²) in [6.07, 6.45) is 0. The van der Waals surface area contributed by atoms with Gasteiger partial charge in [0.1, 0.15) is 0 Å². The number of aryl methyl sites for hydroxylation is 1. The topological polar surface area (TPSA) is 37.4 Å². The number of hydrogen-bond donors (Lipinski definition) is 0. The van der Waals surface area contributed by atoms with E-state index in [2.05, 4.69) is 22.6 Å². The number of halogens is 1. The molecule has 3 aromatic carbocycles. The average Bonchev–Trinajstić information content (AvgIpc) is 2.70. The summed E-state index contributed by atoms with van der Waals surface area (Å²) in [4.78, 5) is 0.288. The second-order valence-electron chi connectivity index (χ2n) is 6.17. The highest BCUT2D eigenvalue weighted by atomic mass is 127. The minimum atomic E-state index is -3.72. The van der Waals surface area contributed by atoms with Gasteiger partial charge >= 0.3 is 0 Å². The van der Waals surface area contributed by atoms with Crippen molar-refractivity contribution in [3.63, 3.8) is 0 Å². The molecular weight excluding hydrogens is 469 g/mol. The predicted molar refractivity (Wildman–Crippen MR) is 119 cm³/mol. The van der Waals surface area contributed by atoms with E-state index in [0.717, 1.165) is 16.7 Å². The van der Waals surface area contributed by atoms with E-state index in [0.29, 0.717) is 5.70 Å². The van der Waals surface area contributed by atoms with E-state index in [1.54, 1.807) is 12.1 Å². The fraction of sp³-hybridized carbons (Fsp3) is 0.0909. The zero-order chi connectivity index (χ0) is 19.3. The van der Waals surface area contributed by atoms with Crippen molar-refractivity contribution in [2.75, 3.05) is 0 Å². The summed E-state index contributed by atoms with van der Waals surface area (Å²) in [5.41, 5.74) is 3.47. The van der Waals surface area contributed by atoms with Gasteiger partial charge in [0.2, 0.25) is 0 Å². The number of nitrogens with zero attached hydrogens (tertiary/aromatic N) is 1.